The van der Waals surface area contributed by atoms with Crippen molar-refractivity contribution in [2.24, 2.45) is 11.8 Å². The zero-order valence-corrected chi connectivity index (χ0v) is 20.3. The van der Waals surface area contributed by atoms with E-state index in [0.717, 1.165) is 49.9 Å². The fourth-order valence-electron chi connectivity index (χ4n) is 5.48. The maximum Gasteiger partial charge on any atom is 0.348 e. The first kappa shape index (κ1) is 24.4. The van der Waals surface area contributed by atoms with Gasteiger partial charge in [0.1, 0.15) is 6.54 Å². The molecule has 2 aromatic rings. The molecule has 0 aromatic heterocycles. The smallest absolute Gasteiger partial charge is 0.348 e. The lowest BCUT2D eigenvalue weighted by molar-refractivity contribution is -0.946. The zero-order valence-electron chi connectivity index (χ0n) is 20.3. The third-order valence-electron chi connectivity index (χ3n) is 7.61. The molecule has 2 aromatic carbocycles. The van der Waals surface area contributed by atoms with Crippen LogP contribution in [0.15, 0.2) is 60.7 Å². The second kappa shape index (κ2) is 10.3. The molecular formula is C28H37N2O4+. The Balaban J connectivity index is 1.46. The van der Waals surface area contributed by atoms with Gasteiger partial charge in [0.05, 0.1) is 19.6 Å². The second-order valence-electron chi connectivity index (χ2n) is 10.2. The number of carbonyl (C=O) groups is 2. The maximum absolute atomic E-state index is 13.6. The largest absolute Gasteiger partial charge is 0.453 e. The van der Waals surface area contributed by atoms with Gasteiger partial charge in [-0.25, -0.2) is 4.79 Å². The minimum atomic E-state index is -1.85. The fraction of sp³-hybridized carbons (Fsp3) is 0.500. The van der Waals surface area contributed by atoms with Gasteiger partial charge in [0.25, 0.3) is 0 Å². The topological polar surface area (TPSA) is 75.6 Å². The number of fused-ring (bicyclic) bond motifs is 3. The molecule has 0 saturated carbocycles. The number of carbonyl (C=O) groups excluding carboxylic acids is 2. The SMILES string of the molecule is CC(C)C(=O)NCCC[N+]12CCC(CC1)[C@@H](OC(=O)C(O)(c1ccccc1)c1ccccc1)C2. The van der Waals surface area contributed by atoms with E-state index in [-0.39, 0.29) is 17.9 Å². The number of hydrogen-bond donors (Lipinski definition) is 2. The molecule has 0 spiro atoms. The van der Waals surface area contributed by atoms with Crippen LogP contribution in [-0.4, -0.2) is 60.3 Å². The van der Waals surface area contributed by atoms with Crippen molar-refractivity contribution in [1.29, 1.82) is 0 Å². The normalized spacial score (nSPS) is 24.1. The van der Waals surface area contributed by atoms with Crippen molar-refractivity contribution in [3.8, 4) is 0 Å². The maximum atomic E-state index is 13.6. The zero-order chi connectivity index (χ0) is 24.2. The first-order valence-corrected chi connectivity index (χ1v) is 12.5. The Morgan fingerprint density at radius 3 is 2.12 bits per heavy atom. The summed E-state index contributed by atoms with van der Waals surface area (Å²) in [5.74, 6) is -0.189. The average Bonchev–Trinajstić information content (AvgIpc) is 2.87. The molecule has 1 amide bonds. The Morgan fingerprint density at radius 1 is 1.03 bits per heavy atom. The van der Waals surface area contributed by atoms with Crippen LogP contribution in [-0.2, 0) is 19.9 Å². The van der Waals surface area contributed by atoms with Crippen LogP contribution in [0.25, 0.3) is 0 Å². The Bertz CT molecular complexity index is 929. The first-order valence-electron chi connectivity index (χ1n) is 12.5. The van der Waals surface area contributed by atoms with Gasteiger partial charge in [-0.3, -0.25) is 4.79 Å². The minimum Gasteiger partial charge on any atom is -0.453 e. The first-order chi connectivity index (χ1) is 16.3. The van der Waals surface area contributed by atoms with Crippen LogP contribution in [0, 0.1) is 11.8 Å². The fourth-order valence-corrected chi connectivity index (χ4v) is 5.48. The van der Waals surface area contributed by atoms with Gasteiger partial charge in [0.2, 0.25) is 11.5 Å². The lowest BCUT2D eigenvalue weighted by atomic mass is 9.82. The van der Waals surface area contributed by atoms with Crippen LogP contribution >= 0.6 is 0 Å². The summed E-state index contributed by atoms with van der Waals surface area (Å²) in [6, 6.07) is 18.1. The summed E-state index contributed by atoms with van der Waals surface area (Å²) in [4.78, 5) is 25.4. The molecule has 2 N–H and O–H groups in total. The van der Waals surface area contributed by atoms with Gasteiger partial charge >= 0.3 is 5.97 Å². The molecule has 6 nitrogen and oxygen atoms in total. The van der Waals surface area contributed by atoms with E-state index in [2.05, 4.69) is 5.32 Å². The van der Waals surface area contributed by atoms with Gasteiger partial charge in [0, 0.05) is 37.6 Å². The number of aliphatic hydroxyl groups is 1. The number of benzene rings is 2. The number of rotatable bonds is 9. The summed E-state index contributed by atoms with van der Waals surface area (Å²) in [5, 5.41) is 14.7. The summed E-state index contributed by atoms with van der Waals surface area (Å²) >= 11 is 0. The van der Waals surface area contributed by atoms with Gasteiger partial charge in [0.15, 0.2) is 6.10 Å². The van der Waals surface area contributed by atoms with Crippen LogP contribution < -0.4 is 5.32 Å². The van der Waals surface area contributed by atoms with Crippen LogP contribution in [0.4, 0.5) is 0 Å². The lowest BCUT2D eigenvalue weighted by Crippen LogP contribution is -2.65. The lowest BCUT2D eigenvalue weighted by Gasteiger charge is -2.52. The summed E-state index contributed by atoms with van der Waals surface area (Å²) in [7, 11) is 0. The highest BCUT2D eigenvalue weighted by atomic mass is 16.6. The van der Waals surface area contributed by atoms with Crippen molar-refractivity contribution in [1.82, 2.24) is 5.32 Å². The van der Waals surface area contributed by atoms with Crippen molar-refractivity contribution in [2.75, 3.05) is 32.7 Å². The van der Waals surface area contributed by atoms with Crippen molar-refractivity contribution in [3.05, 3.63) is 71.8 Å². The van der Waals surface area contributed by atoms with E-state index in [4.69, 9.17) is 4.74 Å². The Morgan fingerprint density at radius 2 is 1.59 bits per heavy atom. The highest BCUT2D eigenvalue weighted by Crippen LogP contribution is 2.38. The highest BCUT2D eigenvalue weighted by Gasteiger charge is 2.50. The minimum absolute atomic E-state index is 0.00505. The molecule has 0 radical (unpaired) electrons. The Hall–Kier alpha value is -2.70. The van der Waals surface area contributed by atoms with E-state index >= 15 is 0 Å². The summed E-state index contributed by atoms with van der Waals surface area (Å²) in [6.07, 6.45) is 2.73. The molecule has 3 aliphatic heterocycles. The number of nitrogens with one attached hydrogen (secondary N) is 1. The number of quaternary nitrogens is 1. The summed E-state index contributed by atoms with van der Waals surface area (Å²) in [6.45, 7) is 8.37. The van der Waals surface area contributed by atoms with Gasteiger partial charge in [-0.15, -0.1) is 0 Å². The van der Waals surface area contributed by atoms with Crippen LogP contribution in [0.2, 0.25) is 0 Å². The van der Waals surface area contributed by atoms with E-state index in [1.165, 1.54) is 0 Å². The van der Waals surface area contributed by atoms with E-state index < -0.39 is 11.6 Å². The predicted molar refractivity (Wildman–Crippen MR) is 131 cm³/mol. The monoisotopic (exact) mass is 465 g/mol. The predicted octanol–water partition coefficient (Wildman–Crippen LogP) is 3.24. The van der Waals surface area contributed by atoms with Crippen LogP contribution in [0.1, 0.15) is 44.2 Å². The van der Waals surface area contributed by atoms with E-state index in [1.54, 1.807) is 24.3 Å². The van der Waals surface area contributed by atoms with E-state index in [0.29, 0.717) is 23.6 Å². The number of nitrogens with zero attached hydrogens (tertiary/aromatic N) is 1. The summed E-state index contributed by atoms with van der Waals surface area (Å²) in [5.41, 5.74) is -0.824. The number of piperidine rings is 3. The molecule has 1 atom stereocenters. The molecule has 3 heterocycles. The van der Waals surface area contributed by atoms with Gasteiger partial charge in [-0.1, -0.05) is 74.5 Å². The molecule has 3 fully saturated rings. The van der Waals surface area contributed by atoms with Crippen molar-refractivity contribution in [3.63, 3.8) is 0 Å². The summed E-state index contributed by atoms with van der Waals surface area (Å²) < 4.78 is 7.04. The molecule has 3 saturated heterocycles. The third kappa shape index (κ3) is 5.03. The standard InChI is InChI=1S/C28H36N2O4/c1-21(2)26(31)29-16-9-17-30-18-14-22(15-19-30)25(20-30)34-27(32)28(33,23-10-5-3-6-11-23)24-12-7-4-8-13-24/h3-8,10-13,21-22,25,33H,9,14-20H2,1-2H3/p+1/t22?,25-,30?/m0/s1. The molecule has 182 valence electrons. The molecule has 2 bridgehead atoms. The van der Waals surface area contributed by atoms with E-state index in [1.807, 2.05) is 50.2 Å². The quantitative estimate of drug-likeness (QED) is 0.339. The molecule has 3 aliphatic rings. The molecule has 6 heteroatoms. The molecule has 5 rings (SSSR count). The van der Waals surface area contributed by atoms with Crippen molar-refractivity contribution in [2.45, 2.75) is 44.8 Å². The van der Waals surface area contributed by atoms with Gasteiger partial charge in [-0.2, -0.15) is 0 Å². The molecular weight excluding hydrogens is 428 g/mol. The van der Waals surface area contributed by atoms with Crippen molar-refractivity contribution >= 4 is 11.9 Å². The number of hydrogen-bond acceptors (Lipinski definition) is 4. The van der Waals surface area contributed by atoms with Crippen molar-refractivity contribution < 1.29 is 23.9 Å². The molecule has 34 heavy (non-hydrogen) atoms. The van der Waals surface area contributed by atoms with Crippen LogP contribution in [0.5, 0.6) is 0 Å². The Labute approximate surface area is 202 Å². The average molecular weight is 466 g/mol. The van der Waals surface area contributed by atoms with E-state index in [9.17, 15) is 14.7 Å². The second-order valence-corrected chi connectivity index (χ2v) is 10.2. The van der Waals surface area contributed by atoms with Gasteiger partial charge < -0.3 is 19.6 Å². The number of ether oxygens (including phenoxy) is 1. The highest BCUT2D eigenvalue weighted by molar-refractivity contribution is 5.85. The number of amides is 1. The Kier molecular flexibility index (Phi) is 7.39. The molecule has 0 unspecified atom stereocenters. The van der Waals surface area contributed by atoms with Gasteiger partial charge in [-0.05, 0) is 11.1 Å². The third-order valence-corrected chi connectivity index (χ3v) is 7.61. The number of esters is 1. The van der Waals surface area contributed by atoms with Crippen LogP contribution in [0.3, 0.4) is 0 Å². The molecule has 0 aliphatic carbocycles.